The highest BCUT2D eigenvalue weighted by Crippen LogP contribution is 2.26. The Morgan fingerprint density at radius 3 is 2.71 bits per heavy atom. The number of pyridine rings is 1. The molecule has 21 heavy (non-hydrogen) atoms. The van der Waals surface area contributed by atoms with Crippen molar-refractivity contribution < 1.29 is 4.74 Å². The van der Waals surface area contributed by atoms with Crippen LogP contribution in [0.2, 0.25) is 0 Å². The molecule has 0 aliphatic carbocycles. The van der Waals surface area contributed by atoms with Gasteiger partial charge < -0.3 is 15.8 Å². The van der Waals surface area contributed by atoms with Gasteiger partial charge >= 0.3 is 0 Å². The summed E-state index contributed by atoms with van der Waals surface area (Å²) in [4.78, 5) is 4.22. The summed E-state index contributed by atoms with van der Waals surface area (Å²) < 4.78 is 6.25. The van der Waals surface area contributed by atoms with Crippen molar-refractivity contribution in [3.8, 4) is 5.75 Å². The summed E-state index contributed by atoms with van der Waals surface area (Å²) in [5, 5.41) is 3.06. The van der Waals surface area contributed by atoms with Gasteiger partial charge in [-0.1, -0.05) is 18.2 Å². The van der Waals surface area contributed by atoms with Crippen molar-refractivity contribution in [2.24, 2.45) is 5.73 Å². The average Bonchev–Trinajstić information content (AvgIpc) is 2.48. The Bertz CT molecular complexity index is 649. The van der Waals surface area contributed by atoms with Crippen molar-refractivity contribution in [2.45, 2.75) is 12.8 Å². The maximum absolute atomic E-state index is 5.49. The van der Waals surface area contributed by atoms with Gasteiger partial charge in [0.2, 0.25) is 0 Å². The molecule has 0 aliphatic rings. The van der Waals surface area contributed by atoms with Crippen molar-refractivity contribution >= 4 is 39.1 Å². The predicted molar refractivity (Wildman–Crippen MR) is 92.7 cm³/mol. The molecule has 2 rings (SSSR count). The molecule has 0 fully saturated rings. The number of para-hydroxylation sites is 1. The monoisotopic (exact) mass is 365 g/mol. The van der Waals surface area contributed by atoms with E-state index in [1.54, 1.807) is 13.3 Å². The van der Waals surface area contributed by atoms with Crippen LogP contribution in [0.5, 0.6) is 5.75 Å². The number of benzene rings is 1. The minimum Gasteiger partial charge on any atom is -0.496 e. The fraction of sp³-hybridized carbons (Fsp3) is 0.200. The predicted octanol–water partition coefficient (Wildman–Crippen LogP) is 3.29. The van der Waals surface area contributed by atoms with Crippen molar-refractivity contribution in [1.29, 1.82) is 0 Å². The Hall–Kier alpha value is -1.66. The highest BCUT2D eigenvalue weighted by atomic mass is 79.9. The van der Waals surface area contributed by atoms with Gasteiger partial charge in [-0.3, -0.25) is 0 Å². The Balaban J connectivity index is 2.15. The lowest BCUT2D eigenvalue weighted by molar-refractivity contribution is 0.409. The molecular formula is C15H16BrN3OS. The minimum absolute atomic E-state index is 0.199. The van der Waals surface area contributed by atoms with Gasteiger partial charge in [0.05, 0.1) is 11.6 Å². The quantitative estimate of drug-likeness (QED) is 0.796. The normalized spacial score (nSPS) is 10.2. The van der Waals surface area contributed by atoms with E-state index in [2.05, 4.69) is 32.3 Å². The standard InChI is InChI=1S/C15H16BrN3OS/c1-20-12-5-3-2-4-10(12)6-7-11-8-9-18-14(13(11)16)19-15(17)21/h2-5,8-9H,6-7H2,1H3,(H3,17,18,19,21). The Kier molecular flexibility index (Phi) is 5.52. The summed E-state index contributed by atoms with van der Waals surface area (Å²) in [5.41, 5.74) is 7.80. The fourth-order valence-corrected chi connectivity index (χ4v) is 2.69. The second-order valence-electron chi connectivity index (χ2n) is 4.43. The number of hydrogen-bond acceptors (Lipinski definition) is 3. The van der Waals surface area contributed by atoms with Gasteiger partial charge in [-0.2, -0.15) is 0 Å². The first kappa shape index (κ1) is 15.7. The molecule has 0 aliphatic heterocycles. The van der Waals surface area contributed by atoms with E-state index in [-0.39, 0.29) is 5.11 Å². The number of anilines is 1. The molecule has 0 atom stereocenters. The second kappa shape index (κ2) is 7.38. The Morgan fingerprint density at radius 2 is 2.00 bits per heavy atom. The number of hydrogen-bond donors (Lipinski definition) is 2. The van der Waals surface area contributed by atoms with Crippen molar-refractivity contribution in [3.05, 3.63) is 52.1 Å². The van der Waals surface area contributed by atoms with Crippen LogP contribution in [0.15, 0.2) is 41.0 Å². The lowest BCUT2D eigenvalue weighted by Gasteiger charge is -2.11. The SMILES string of the molecule is COc1ccccc1CCc1ccnc(NC(N)=S)c1Br. The van der Waals surface area contributed by atoms with E-state index in [0.717, 1.165) is 28.6 Å². The third-order valence-electron chi connectivity index (χ3n) is 3.07. The summed E-state index contributed by atoms with van der Waals surface area (Å²) in [6.45, 7) is 0. The van der Waals surface area contributed by atoms with Crippen LogP contribution in [0.25, 0.3) is 0 Å². The maximum atomic E-state index is 5.49. The molecule has 3 N–H and O–H groups in total. The topological polar surface area (TPSA) is 60.2 Å². The first-order valence-electron chi connectivity index (χ1n) is 6.43. The summed E-state index contributed by atoms with van der Waals surface area (Å²) in [6.07, 6.45) is 3.47. The molecule has 0 saturated carbocycles. The molecule has 110 valence electrons. The summed E-state index contributed by atoms with van der Waals surface area (Å²) >= 11 is 8.39. The van der Waals surface area contributed by atoms with Gasteiger partial charge in [0.15, 0.2) is 5.11 Å². The van der Waals surface area contributed by atoms with Crippen LogP contribution in [-0.2, 0) is 12.8 Å². The van der Waals surface area contributed by atoms with Gasteiger partial charge in [-0.25, -0.2) is 4.98 Å². The third-order valence-corrected chi connectivity index (χ3v) is 4.05. The molecule has 0 unspecified atom stereocenters. The molecule has 1 aromatic heterocycles. The molecule has 0 saturated heterocycles. The zero-order chi connectivity index (χ0) is 15.2. The molecule has 6 heteroatoms. The van der Waals surface area contributed by atoms with E-state index >= 15 is 0 Å². The average molecular weight is 366 g/mol. The molecule has 1 aromatic carbocycles. The molecule has 1 heterocycles. The van der Waals surface area contributed by atoms with Crippen LogP contribution < -0.4 is 15.8 Å². The molecule has 0 radical (unpaired) electrons. The van der Waals surface area contributed by atoms with Gasteiger partial charge in [0.1, 0.15) is 11.6 Å². The molecule has 4 nitrogen and oxygen atoms in total. The molecular weight excluding hydrogens is 350 g/mol. The highest BCUT2D eigenvalue weighted by Gasteiger charge is 2.09. The van der Waals surface area contributed by atoms with Gasteiger partial charge in [-0.15, -0.1) is 0 Å². The Labute approximate surface area is 137 Å². The second-order valence-corrected chi connectivity index (χ2v) is 5.67. The number of aryl methyl sites for hydroxylation is 2. The maximum Gasteiger partial charge on any atom is 0.169 e. The Morgan fingerprint density at radius 1 is 1.29 bits per heavy atom. The lowest BCUT2D eigenvalue weighted by Crippen LogP contribution is -2.20. The number of rotatable bonds is 5. The van der Waals surface area contributed by atoms with Gasteiger partial charge in [-0.05, 0) is 64.2 Å². The van der Waals surface area contributed by atoms with E-state index in [1.807, 2.05) is 24.3 Å². The van der Waals surface area contributed by atoms with E-state index in [9.17, 15) is 0 Å². The minimum atomic E-state index is 0.199. The summed E-state index contributed by atoms with van der Waals surface area (Å²) in [7, 11) is 1.69. The van der Waals surface area contributed by atoms with E-state index < -0.39 is 0 Å². The first-order valence-corrected chi connectivity index (χ1v) is 7.63. The fourth-order valence-electron chi connectivity index (χ4n) is 2.06. The number of ether oxygens (including phenoxy) is 1. The van der Waals surface area contributed by atoms with E-state index in [1.165, 1.54) is 5.56 Å². The van der Waals surface area contributed by atoms with Crippen LogP contribution in [0.3, 0.4) is 0 Å². The van der Waals surface area contributed by atoms with Crippen LogP contribution in [0.4, 0.5) is 5.82 Å². The number of halogens is 1. The van der Waals surface area contributed by atoms with E-state index in [4.69, 9.17) is 22.7 Å². The molecule has 0 bridgehead atoms. The number of nitrogens with zero attached hydrogens (tertiary/aromatic N) is 1. The number of thiocarbonyl (C=S) groups is 1. The zero-order valence-electron chi connectivity index (χ0n) is 11.6. The van der Waals surface area contributed by atoms with Crippen molar-refractivity contribution in [3.63, 3.8) is 0 Å². The lowest BCUT2D eigenvalue weighted by atomic mass is 10.0. The van der Waals surface area contributed by atoms with Crippen molar-refractivity contribution in [2.75, 3.05) is 12.4 Å². The first-order chi connectivity index (χ1) is 10.1. The number of methoxy groups -OCH3 is 1. The number of nitrogens with two attached hydrogens (primary N) is 1. The van der Waals surface area contributed by atoms with Crippen LogP contribution in [-0.4, -0.2) is 17.2 Å². The molecule has 2 aromatic rings. The van der Waals surface area contributed by atoms with Crippen LogP contribution >= 0.6 is 28.1 Å². The number of aromatic nitrogens is 1. The largest absolute Gasteiger partial charge is 0.496 e. The van der Waals surface area contributed by atoms with E-state index in [0.29, 0.717) is 5.82 Å². The van der Waals surface area contributed by atoms with Gasteiger partial charge in [0, 0.05) is 6.20 Å². The van der Waals surface area contributed by atoms with Crippen molar-refractivity contribution in [1.82, 2.24) is 4.98 Å². The zero-order valence-corrected chi connectivity index (χ0v) is 14.0. The molecule has 0 spiro atoms. The van der Waals surface area contributed by atoms with Gasteiger partial charge in [0.25, 0.3) is 0 Å². The molecule has 0 amide bonds. The smallest absolute Gasteiger partial charge is 0.169 e. The highest BCUT2D eigenvalue weighted by molar-refractivity contribution is 9.10. The summed E-state index contributed by atoms with van der Waals surface area (Å²) in [5.74, 6) is 1.55. The number of nitrogens with one attached hydrogen (secondary N) is 1. The summed E-state index contributed by atoms with van der Waals surface area (Å²) in [6, 6.07) is 10.00. The van der Waals surface area contributed by atoms with Crippen LogP contribution in [0.1, 0.15) is 11.1 Å². The van der Waals surface area contributed by atoms with Crippen LogP contribution in [0, 0.1) is 0 Å². The third kappa shape index (κ3) is 4.15.